The first kappa shape index (κ1) is 11.4. The van der Waals surface area contributed by atoms with Gasteiger partial charge in [-0.25, -0.2) is 10.1 Å². The largest absolute Gasteiger partial charge is 0.288 e. The van der Waals surface area contributed by atoms with Gasteiger partial charge in [0.1, 0.15) is 10.7 Å². The van der Waals surface area contributed by atoms with Crippen molar-refractivity contribution in [3.8, 4) is 10.6 Å². The van der Waals surface area contributed by atoms with Crippen molar-refractivity contribution in [2.24, 2.45) is 0 Å². The van der Waals surface area contributed by atoms with Gasteiger partial charge in [-0.05, 0) is 22.6 Å². The second kappa shape index (κ2) is 4.90. The zero-order valence-electron chi connectivity index (χ0n) is 9.44. The third-order valence-electron chi connectivity index (χ3n) is 2.24. The Morgan fingerprint density at radius 2 is 2.16 bits per heavy atom. The highest BCUT2D eigenvalue weighted by Crippen LogP contribution is 2.22. The van der Waals surface area contributed by atoms with Gasteiger partial charge in [-0.3, -0.25) is 15.1 Å². The average Bonchev–Trinajstić information content (AvgIpc) is 3.10. The van der Waals surface area contributed by atoms with Crippen molar-refractivity contribution in [2.45, 2.75) is 0 Å². The van der Waals surface area contributed by atoms with Gasteiger partial charge in [0.2, 0.25) is 5.95 Å². The maximum atomic E-state index is 11.9. The van der Waals surface area contributed by atoms with Crippen LogP contribution in [-0.4, -0.2) is 36.5 Å². The van der Waals surface area contributed by atoms with Gasteiger partial charge in [0, 0.05) is 23.3 Å². The van der Waals surface area contributed by atoms with E-state index in [1.54, 1.807) is 17.8 Å². The summed E-state index contributed by atoms with van der Waals surface area (Å²) in [7, 11) is 0. The van der Waals surface area contributed by atoms with Crippen molar-refractivity contribution in [3.63, 3.8) is 0 Å². The lowest BCUT2D eigenvalue weighted by atomic mass is 10.3. The summed E-state index contributed by atoms with van der Waals surface area (Å²) in [4.78, 5) is 20.1. The van der Waals surface area contributed by atoms with Crippen molar-refractivity contribution in [1.82, 2.24) is 30.6 Å². The molecule has 94 valence electrons. The van der Waals surface area contributed by atoms with Crippen molar-refractivity contribution in [3.05, 3.63) is 35.6 Å². The molecule has 9 heteroatoms. The van der Waals surface area contributed by atoms with Crippen LogP contribution in [0.5, 0.6) is 0 Å². The van der Waals surface area contributed by atoms with Crippen LogP contribution in [0.15, 0.2) is 29.9 Å². The van der Waals surface area contributed by atoms with Crippen LogP contribution in [0.1, 0.15) is 10.5 Å². The van der Waals surface area contributed by atoms with E-state index >= 15 is 0 Å². The maximum absolute atomic E-state index is 11.9. The molecule has 2 N–H and O–H groups in total. The Balaban J connectivity index is 1.80. The summed E-state index contributed by atoms with van der Waals surface area (Å²) in [6.45, 7) is 0. The molecule has 0 fully saturated rings. The Morgan fingerprint density at radius 3 is 2.89 bits per heavy atom. The minimum absolute atomic E-state index is 0.184. The molecule has 3 rings (SSSR count). The molecule has 0 aliphatic carbocycles. The minimum Gasteiger partial charge on any atom is -0.288 e. The van der Waals surface area contributed by atoms with E-state index in [-0.39, 0.29) is 11.9 Å². The fourth-order valence-electron chi connectivity index (χ4n) is 1.39. The van der Waals surface area contributed by atoms with Crippen LogP contribution in [0, 0.1) is 0 Å². The molecule has 0 unspecified atom stereocenters. The third-order valence-corrected chi connectivity index (χ3v) is 3.13. The van der Waals surface area contributed by atoms with Gasteiger partial charge >= 0.3 is 0 Å². The highest BCUT2D eigenvalue weighted by atomic mass is 32.1. The van der Waals surface area contributed by atoms with Gasteiger partial charge in [-0.1, -0.05) is 5.10 Å². The quantitative estimate of drug-likeness (QED) is 0.735. The summed E-state index contributed by atoms with van der Waals surface area (Å²) >= 11 is 1.38. The number of amides is 1. The summed E-state index contributed by atoms with van der Waals surface area (Å²) in [5.74, 6) is -0.182. The molecule has 0 aliphatic heterocycles. The molecule has 0 bridgehead atoms. The molecule has 3 aromatic heterocycles. The number of H-pyrrole nitrogens is 1. The van der Waals surface area contributed by atoms with Crippen molar-refractivity contribution < 1.29 is 4.79 Å². The zero-order chi connectivity index (χ0) is 13.1. The van der Waals surface area contributed by atoms with Crippen molar-refractivity contribution >= 4 is 23.2 Å². The fraction of sp³-hybridized carbons (Fsp3) is 0. The molecule has 8 nitrogen and oxygen atoms in total. The minimum atomic E-state index is -0.366. The molecule has 0 aromatic carbocycles. The number of anilines is 1. The number of nitrogens with one attached hydrogen (secondary N) is 2. The monoisotopic (exact) mass is 273 g/mol. The predicted molar refractivity (Wildman–Crippen MR) is 67.5 cm³/mol. The molecule has 19 heavy (non-hydrogen) atoms. The van der Waals surface area contributed by atoms with E-state index in [1.165, 1.54) is 11.3 Å². The number of rotatable bonds is 3. The molecular formula is C10H7N7OS. The molecule has 0 spiro atoms. The first-order valence-corrected chi connectivity index (χ1v) is 6.12. The van der Waals surface area contributed by atoms with E-state index in [4.69, 9.17) is 0 Å². The Bertz CT molecular complexity index is 679. The van der Waals surface area contributed by atoms with E-state index < -0.39 is 0 Å². The number of pyridine rings is 1. The molecule has 0 aliphatic rings. The number of hydrogen-bond acceptors (Lipinski definition) is 7. The van der Waals surface area contributed by atoms with E-state index in [9.17, 15) is 4.79 Å². The number of tetrazole rings is 1. The molecule has 3 heterocycles. The number of thiazole rings is 1. The normalized spacial score (nSPS) is 10.3. The standard InChI is InChI=1S/C10H7N7OS/c18-8(13-10-14-16-17-15-10)7-5-19-9(12-7)6-1-3-11-4-2-6/h1-5H,(H2,13,14,15,16,17,18). The van der Waals surface area contributed by atoms with Crippen LogP contribution in [-0.2, 0) is 0 Å². The van der Waals surface area contributed by atoms with E-state index in [1.807, 2.05) is 12.1 Å². The van der Waals surface area contributed by atoms with E-state index in [0.29, 0.717) is 5.69 Å². The van der Waals surface area contributed by atoms with E-state index in [2.05, 4.69) is 35.9 Å². The van der Waals surface area contributed by atoms with Crippen LogP contribution in [0.3, 0.4) is 0 Å². The zero-order valence-corrected chi connectivity index (χ0v) is 10.3. The second-order valence-corrected chi connectivity index (χ2v) is 4.34. The maximum Gasteiger partial charge on any atom is 0.277 e. The summed E-state index contributed by atoms with van der Waals surface area (Å²) in [6, 6.07) is 3.67. The smallest absolute Gasteiger partial charge is 0.277 e. The van der Waals surface area contributed by atoms with Gasteiger partial charge in [0.15, 0.2) is 0 Å². The number of carbonyl (C=O) groups is 1. The molecule has 0 radical (unpaired) electrons. The summed E-state index contributed by atoms with van der Waals surface area (Å²) in [5.41, 5.74) is 1.23. The number of carbonyl (C=O) groups excluding carboxylic acids is 1. The lowest BCUT2D eigenvalue weighted by molar-refractivity contribution is 0.102. The number of aromatic amines is 1. The van der Waals surface area contributed by atoms with Crippen LogP contribution in [0.4, 0.5) is 5.95 Å². The lowest BCUT2D eigenvalue weighted by Gasteiger charge is -1.96. The molecule has 0 atom stereocenters. The van der Waals surface area contributed by atoms with Gasteiger partial charge in [-0.2, -0.15) is 0 Å². The van der Waals surface area contributed by atoms with E-state index in [0.717, 1.165) is 10.6 Å². The molecule has 0 saturated carbocycles. The van der Waals surface area contributed by atoms with Gasteiger partial charge in [0.25, 0.3) is 5.91 Å². The first-order valence-electron chi connectivity index (χ1n) is 5.24. The summed E-state index contributed by atoms with van der Waals surface area (Å²) in [6.07, 6.45) is 3.35. The third kappa shape index (κ3) is 2.45. The fourth-order valence-corrected chi connectivity index (χ4v) is 2.20. The first-order chi connectivity index (χ1) is 9.33. The summed E-state index contributed by atoms with van der Waals surface area (Å²) < 4.78 is 0. The number of nitrogens with zero attached hydrogens (tertiary/aromatic N) is 5. The second-order valence-electron chi connectivity index (χ2n) is 3.48. The highest BCUT2D eigenvalue weighted by Gasteiger charge is 2.13. The van der Waals surface area contributed by atoms with Crippen LogP contribution < -0.4 is 5.32 Å². The highest BCUT2D eigenvalue weighted by molar-refractivity contribution is 7.13. The lowest BCUT2D eigenvalue weighted by Crippen LogP contribution is -2.13. The average molecular weight is 273 g/mol. The molecule has 1 amide bonds. The molecule has 0 saturated heterocycles. The molecular weight excluding hydrogens is 266 g/mol. The Labute approximate surface area is 110 Å². The summed E-state index contributed by atoms with van der Waals surface area (Å²) in [5, 5.41) is 17.7. The van der Waals surface area contributed by atoms with Gasteiger partial charge < -0.3 is 0 Å². The topological polar surface area (TPSA) is 109 Å². The van der Waals surface area contributed by atoms with Gasteiger partial charge in [-0.15, -0.1) is 11.3 Å². The van der Waals surface area contributed by atoms with Gasteiger partial charge in [0.05, 0.1) is 0 Å². The van der Waals surface area contributed by atoms with Crippen LogP contribution >= 0.6 is 11.3 Å². The van der Waals surface area contributed by atoms with Crippen LogP contribution in [0.2, 0.25) is 0 Å². The Morgan fingerprint density at radius 1 is 1.32 bits per heavy atom. The van der Waals surface area contributed by atoms with Crippen LogP contribution in [0.25, 0.3) is 10.6 Å². The number of aromatic nitrogens is 6. The Kier molecular flexibility index (Phi) is 2.94. The Hall–Kier alpha value is -2.68. The SMILES string of the molecule is O=C(Nc1nnn[nH]1)c1csc(-c2ccncc2)n1. The predicted octanol–water partition coefficient (Wildman–Crippen LogP) is 0.970. The number of hydrogen-bond donors (Lipinski definition) is 2. The van der Waals surface area contributed by atoms with Crippen molar-refractivity contribution in [2.75, 3.05) is 5.32 Å². The molecule has 3 aromatic rings. The van der Waals surface area contributed by atoms with Crippen molar-refractivity contribution in [1.29, 1.82) is 0 Å².